The van der Waals surface area contributed by atoms with Crippen LogP contribution in [0.4, 0.5) is 10.6 Å². The summed E-state index contributed by atoms with van der Waals surface area (Å²) in [6.07, 6.45) is 1.55. The topological polar surface area (TPSA) is 76.0 Å². The lowest BCUT2D eigenvalue weighted by Gasteiger charge is -2.06. The van der Waals surface area contributed by atoms with Crippen molar-refractivity contribution < 1.29 is 9.59 Å². The van der Waals surface area contributed by atoms with Crippen LogP contribution in [-0.2, 0) is 11.8 Å². The number of Topliss-reactive ketones (excluding diaryl/α,β-unsaturated/α-hetero) is 1. The average molecular weight is 279 g/mol. The predicted molar refractivity (Wildman–Crippen MR) is 69.9 cm³/mol. The van der Waals surface area contributed by atoms with Crippen LogP contribution in [0.3, 0.4) is 0 Å². The summed E-state index contributed by atoms with van der Waals surface area (Å²) in [5, 5.41) is 5.76. The highest BCUT2D eigenvalue weighted by Crippen LogP contribution is 2.19. The molecule has 2 amide bonds. The fourth-order valence-electron chi connectivity index (χ4n) is 0.988. The molecule has 0 aromatic carbocycles. The second-order valence-electron chi connectivity index (χ2n) is 3.18. The number of carbonyl (C=O) groups is 2. The molecule has 0 spiro atoms. The van der Waals surface area contributed by atoms with Gasteiger partial charge in [-0.05, 0) is 6.92 Å². The van der Waals surface area contributed by atoms with Crippen molar-refractivity contribution >= 4 is 41.8 Å². The maximum Gasteiger partial charge on any atom is 0.320 e. The Balaban J connectivity index is 0.00000256. The van der Waals surface area contributed by atoms with E-state index in [-0.39, 0.29) is 24.2 Å². The third-order valence-corrected chi connectivity index (χ3v) is 3.01. The summed E-state index contributed by atoms with van der Waals surface area (Å²) in [5.74, 6) is 1.06. The number of amides is 2. The van der Waals surface area contributed by atoms with Gasteiger partial charge in [-0.2, -0.15) is 0 Å². The largest absolute Gasteiger partial charge is 0.341 e. The Morgan fingerprint density at radius 2 is 2.18 bits per heavy atom. The lowest BCUT2D eigenvalue weighted by Crippen LogP contribution is -2.25. The normalized spacial score (nSPS) is 9.35. The van der Waals surface area contributed by atoms with Crippen LogP contribution < -0.4 is 10.6 Å². The molecule has 0 atom stereocenters. The molecule has 2 N–H and O–H groups in total. The van der Waals surface area contributed by atoms with Gasteiger partial charge < -0.3 is 9.88 Å². The van der Waals surface area contributed by atoms with Gasteiger partial charge in [-0.15, -0.1) is 12.4 Å². The Bertz CT molecular complexity index is 408. The van der Waals surface area contributed by atoms with Gasteiger partial charge in [0.1, 0.15) is 11.6 Å². The number of carbonyl (C=O) groups excluding carboxylic acids is 2. The van der Waals surface area contributed by atoms with Gasteiger partial charge in [-0.25, -0.2) is 9.78 Å². The van der Waals surface area contributed by atoms with Crippen LogP contribution in [0.1, 0.15) is 6.92 Å². The van der Waals surface area contributed by atoms with Crippen LogP contribution in [0.15, 0.2) is 11.4 Å². The van der Waals surface area contributed by atoms with E-state index in [0.29, 0.717) is 16.7 Å². The molecule has 0 saturated carbocycles. The standard InChI is InChI=1S/C9H14N4O2S.ClH/c1-6(14)5-16-9-11-4-7(13(9)3)12-8(15)10-2;/h4H,5H2,1-3H3,(H2,10,12,15);1H. The van der Waals surface area contributed by atoms with Gasteiger partial charge >= 0.3 is 6.03 Å². The van der Waals surface area contributed by atoms with E-state index in [2.05, 4.69) is 15.6 Å². The first-order chi connectivity index (χ1) is 7.54. The molecule has 0 aliphatic heterocycles. The van der Waals surface area contributed by atoms with Gasteiger partial charge in [-0.3, -0.25) is 10.1 Å². The number of anilines is 1. The third kappa shape index (κ3) is 4.66. The predicted octanol–water partition coefficient (Wildman–Crippen LogP) is 1.27. The number of nitrogens with one attached hydrogen (secondary N) is 2. The highest BCUT2D eigenvalue weighted by Gasteiger charge is 2.09. The second-order valence-corrected chi connectivity index (χ2v) is 4.12. The number of rotatable bonds is 4. The maximum atomic E-state index is 11.1. The number of urea groups is 1. The van der Waals surface area contributed by atoms with Crippen molar-refractivity contribution in [2.24, 2.45) is 7.05 Å². The molecule has 0 bridgehead atoms. The maximum absolute atomic E-state index is 11.1. The molecule has 1 heterocycles. The van der Waals surface area contributed by atoms with Crippen molar-refractivity contribution in [3.63, 3.8) is 0 Å². The fraction of sp³-hybridized carbons (Fsp3) is 0.444. The molecule has 6 nitrogen and oxygen atoms in total. The Kier molecular flexibility index (Phi) is 6.67. The number of ketones is 1. The van der Waals surface area contributed by atoms with Crippen molar-refractivity contribution in [3.8, 4) is 0 Å². The number of hydrogen-bond acceptors (Lipinski definition) is 4. The van der Waals surface area contributed by atoms with Crippen molar-refractivity contribution in [1.29, 1.82) is 0 Å². The molecule has 0 radical (unpaired) electrons. The smallest absolute Gasteiger partial charge is 0.320 e. The summed E-state index contributed by atoms with van der Waals surface area (Å²) < 4.78 is 1.73. The van der Waals surface area contributed by atoms with E-state index in [1.165, 1.54) is 25.7 Å². The molecule has 96 valence electrons. The van der Waals surface area contributed by atoms with E-state index in [1.54, 1.807) is 17.8 Å². The first kappa shape index (κ1) is 15.8. The van der Waals surface area contributed by atoms with E-state index < -0.39 is 0 Å². The summed E-state index contributed by atoms with van der Waals surface area (Å²) in [6, 6.07) is -0.300. The van der Waals surface area contributed by atoms with Crippen LogP contribution >= 0.6 is 24.2 Å². The Morgan fingerprint density at radius 1 is 1.53 bits per heavy atom. The van der Waals surface area contributed by atoms with Crippen LogP contribution in [-0.4, -0.2) is 34.2 Å². The summed E-state index contributed by atoms with van der Waals surface area (Å²) in [4.78, 5) is 26.0. The monoisotopic (exact) mass is 278 g/mol. The highest BCUT2D eigenvalue weighted by molar-refractivity contribution is 7.99. The molecule has 1 rings (SSSR count). The van der Waals surface area contributed by atoms with Crippen molar-refractivity contribution in [3.05, 3.63) is 6.20 Å². The first-order valence-electron chi connectivity index (χ1n) is 4.67. The zero-order valence-corrected chi connectivity index (χ0v) is 11.4. The molecule has 0 aliphatic rings. The zero-order chi connectivity index (χ0) is 12.1. The van der Waals surface area contributed by atoms with Gasteiger partial charge in [0, 0.05) is 14.1 Å². The molecular formula is C9H15ClN4O2S. The summed E-state index contributed by atoms with van der Waals surface area (Å²) in [7, 11) is 3.32. The molecule has 0 aliphatic carbocycles. The second kappa shape index (κ2) is 7.18. The quantitative estimate of drug-likeness (QED) is 0.814. The Labute approximate surface area is 110 Å². The molecule has 0 saturated heterocycles. The molecule has 17 heavy (non-hydrogen) atoms. The van der Waals surface area contributed by atoms with E-state index in [1.807, 2.05) is 0 Å². The zero-order valence-electron chi connectivity index (χ0n) is 9.81. The number of thioether (sulfide) groups is 1. The fourth-order valence-corrected chi connectivity index (χ4v) is 1.74. The number of aromatic nitrogens is 2. The minimum absolute atomic E-state index is 0. The highest BCUT2D eigenvalue weighted by atomic mass is 35.5. The average Bonchev–Trinajstić information content (AvgIpc) is 2.57. The third-order valence-electron chi connectivity index (χ3n) is 1.82. The van der Waals surface area contributed by atoms with Crippen molar-refractivity contribution in [2.75, 3.05) is 18.1 Å². The van der Waals surface area contributed by atoms with Crippen LogP contribution in [0.25, 0.3) is 0 Å². The molecule has 0 fully saturated rings. The van der Waals surface area contributed by atoms with Gasteiger partial charge in [0.05, 0.1) is 11.9 Å². The summed E-state index contributed by atoms with van der Waals surface area (Å²) in [6.45, 7) is 1.53. The van der Waals surface area contributed by atoms with Crippen molar-refractivity contribution in [1.82, 2.24) is 14.9 Å². The SMILES string of the molecule is CNC(=O)Nc1cnc(SCC(C)=O)n1C.Cl. The molecular weight excluding hydrogens is 264 g/mol. The van der Waals surface area contributed by atoms with Crippen LogP contribution in [0.5, 0.6) is 0 Å². The van der Waals surface area contributed by atoms with Crippen LogP contribution in [0.2, 0.25) is 0 Å². The van der Waals surface area contributed by atoms with Gasteiger partial charge in [-0.1, -0.05) is 11.8 Å². The molecule has 0 unspecified atom stereocenters. The van der Waals surface area contributed by atoms with E-state index in [0.717, 1.165) is 0 Å². The Morgan fingerprint density at radius 3 is 2.71 bits per heavy atom. The number of nitrogens with zero attached hydrogens (tertiary/aromatic N) is 2. The molecule has 1 aromatic rings. The Hall–Kier alpha value is -1.21. The molecule has 8 heteroatoms. The van der Waals surface area contributed by atoms with Crippen molar-refractivity contribution in [2.45, 2.75) is 12.1 Å². The lowest BCUT2D eigenvalue weighted by atomic mass is 10.5. The first-order valence-corrected chi connectivity index (χ1v) is 5.66. The van der Waals surface area contributed by atoms with Crippen LogP contribution in [0, 0.1) is 0 Å². The van der Waals surface area contributed by atoms with Gasteiger partial charge in [0.25, 0.3) is 0 Å². The number of imidazole rings is 1. The minimum atomic E-state index is -0.300. The number of hydrogen-bond donors (Lipinski definition) is 2. The summed E-state index contributed by atoms with van der Waals surface area (Å²) in [5.41, 5.74) is 0. The van der Waals surface area contributed by atoms with Gasteiger partial charge in [0.2, 0.25) is 0 Å². The van der Waals surface area contributed by atoms with Gasteiger partial charge in [0.15, 0.2) is 5.16 Å². The molecule has 1 aromatic heterocycles. The van der Waals surface area contributed by atoms with E-state index in [9.17, 15) is 9.59 Å². The lowest BCUT2D eigenvalue weighted by molar-refractivity contribution is -0.114. The number of halogens is 1. The van der Waals surface area contributed by atoms with E-state index >= 15 is 0 Å². The summed E-state index contributed by atoms with van der Waals surface area (Å²) >= 11 is 1.34. The van der Waals surface area contributed by atoms with E-state index in [4.69, 9.17) is 0 Å². The minimum Gasteiger partial charge on any atom is -0.341 e.